The molecule has 1 nitrogen and oxygen atoms in total. The minimum atomic E-state index is -0.219. The van der Waals surface area contributed by atoms with Crippen LogP contribution < -0.4 is 4.90 Å². The second kappa shape index (κ2) is 14.0. The summed E-state index contributed by atoms with van der Waals surface area (Å²) in [4.78, 5) is 2.60. The van der Waals surface area contributed by atoms with Crippen LogP contribution in [0.4, 0.5) is 17.1 Å². The molecule has 312 valence electrons. The van der Waals surface area contributed by atoms with Gasteiger partial charge in [-0.05, 0) is 121 Å². The molecule has 1 atom stereocenters. The molecular formula is C64H45NS. The Kier molecular flexibility index (Phi) is 8.02. The first-order valence-corrected chi connectivity index (χ1v) is 24.2. The van der Waals surface area contributed by atoms with E-state index in [1.165, 1.54) is 109 Å². The van der Waals surface area contributed by atoms with Gasteiger partial charge in [0.15, 0.2) is 0 Å². The van der Waals surface area contributed by atoms with E-state index in [-0.39, 0.29) is 10.8 Å². The molecule has 0 N–H and O–H groups in total. The van der Waals surface area contributed by atoms with Crippen LogP contribution in [0.1, 0.15) is 53.6 Å². The van der Waals surface area contributed by atoms with Crippen LogP contribution in [-0.2, 0) is 17.3 Å². The molecule has 11 aromatic rings. The van der Waals surface area contributed by atoms with Crippen molar-refractivity contribution in [1.29, 1.82) is 0 Å². The third kappa shape index (κ3) is 5.11. The van der Waals surface area contributed by atoms with E-state index in [9.17, 15) is 0 Å². The van der Waals surface area contributed by atoms with Crippen molar-refractivity contribution >= 4 is 59.3 Å². The smallest absolute Gasteiger partial charge is 0.0540 e. The van der Waals surface area contributed by atoms with Crippen molar-refractivity contribution in [2.45, 2.75) is 37.5 Å². The molecule has 10 aromatic carbocycles. The Labute approximate surface area is 389 Å². The zero-order valence-corrected chi connectivity index (χ0v) is 37.8. The number of aryl methyl sites for hydroxylation is 1. The fraction of sp³-hybridized carbons (Fsp3) is 0.0938. The molecule has 1 heterocycles. The molecule has 1 aromatic heterocycles. The number of fused-ring (bicyclic) bond motifs is 15. The van der Waals surface area contributed by atoms with Gasteiger partial charge in [0.05, 0.1) is 11.4 Å². The first-order valence-electron chi connectivity index (χ1n) is 23.4. The number of benzene rings is 10. The molecule has 66 heavy (non-hydrogen) atoms. The lowest BCUT2D eigenvalue weighted by Crippen LogP contribution is -2.24. The van der Waals surface area contributed by atoms with E-state index < -0.39 is 0 Å². The molecule has 0 amide bonds. The summed E-state index contributed by atoms with van der Waals surface area (Å²) in [7, 11) is 0. The summed E-state index contributed by atoms with van der Waals surface area (Å²) in [5, 5.41) is 5.22. The average Bonchev–Trinajstić information content (AvgIpc) is 4.10. The normalized spacial score (nSPS) is 16.1. The molecule has 0 saturated heterocycles. The van der Waals surface area contributed by atoms with Crippen molar-refractivity contribution in [3.05, 3.63) is 246 Å². The van der Waals surface area contributed by atoms with Crippen LogP contribution in [0.5, 0.6) is 0 Å². The van der Waals surface area contributed by atoms with Crippen LogP contribution in [0.2, 0.25) is 0 Å². The largest absolute Gasteiger partial charge is 0.309 e. The van der Waals surface area contributed by atoms with Crippen molar-refractivity contribution in [3.8, 4) is 44.5 Å². The van der Waals surface area contributed by atoms with Crippen molar-refractivity contribution < 1.29 is 0 Å². The molecule has 14 rings (SSSR count). The SMILES string of the molecule is CC1(C)c2ccccc2-c2cccc(-c3ccccc3N(c3ccc4c(c3)C3(CCc5ccccc53)c3ccccc3-4)c3ccccc3-c3cccc4sc5c6ccccc6ccc5c34)c21. The topological polar surface area (TPSA) is 3.24 Å². The summed E-state index contributed by atoms with van der Waals surface area (Å²) in [5.74, 6) is 0. The third-order valence-corrected chi connectivity index (χ3v) is 16.7. The van der Waals surface area contributed by atoms with Gasteiger partial charge in [0, 0.05) is 47.8 Å². The zero-order valence-electron chi connectivity index (χ0n) is 37.0. The van der Waals surface area contributed by atoms with E-state index in [2.05, 4.69) is 231 Å². The maximum absolute atomic E-state index is 2.60. The fourth-order valence-electron chi connectivity index (χ4n) is 12.7. The van der Waals surface area contributed by atoms with E-state index in [0.717, 1.165) is 29.9 Å². The van der Waals surface area contributed by atoms with E-state index >= 15 is 0 Å². The fourth-order valence-corrected chi connectivity index (χ4v) is 14.0. The molecule has 0 saturated carbocycles. The number of hydrogen-bond donors (Lipinski definition) is 0. The minimum absolute atomic E-state index is 0.181. The Morgan fingerprint density at radius 1 is 0.424 bits per heavy atom. The van der Waals surface area contributed by atoms with Crippen LogP contribution in [-0.4, -0.2) is 0 Å². The van der Waals surface area contributed by atoms with Gasteiger partial charge in [-0.2, -0.15) is 0 Å². The number of hydrogen-bond acceptors (Lipinski definition) is 2. The van der Waals surface area contributed by atoms with Gasteiger partial charge >= 0.3 is 0 Å². The van der Waals surface area contributed by atoms with Gasteiger partial charge in [0.25, 0.3) is 0 Å². The number of anilines is 3. The van der Waals surface area contributed by atoms with Gasteiger partial charge in [-0.3, -0.25) is 0 Å². The average molecular weight is 860 g/mol. The summed E-state index contributed by atoms with van der Waals surface area (Å²) in [6, 6.07) is 80.4. The minimum Gasteiger partial charge on any atom is -0.309 e. The Balaban J connectivity index is 1.05. The highest BCUT2D eigenvalue weighted by Crippen LogP contribution is 2.60. The predicted octanol–water partition coefficient (Wildman–Crippen LogP) is 17.6. The van der Waals surface area contributed by atoms with Gasteiger partial charge in [-0.15, -0.1) is 11.3 Å². The lowest BCUT2D eigenvalue weighted by Gasteiger charge is -2.33. The molecule has 2 heteroatoms. The zero-order chi connectivity index (χ0) is 43.7. The summed E-state index contributed by atoms with van der Waals surface area (Å²) < 4.78 is 2.65. The molecular weight excluding hydrogens is 815 g/mol. The van der Waals surface area contributed by atoms with Gasteiger partial charge in [0.1, 0.15) is 0 Å². The van der Waals surface area contributed by atoms with Gasteiger partial charge in [0.2, 0.25) is 0 Å². The highest BCUT2D eigenvalue weighted by atomic mass is 32.1. The van der Waals surface area contributed by atoms with Crippen LogP contribution in [0, 0.1) is 0 Å². The molecule has 0 radical (unpaired) electrons. The number of nitrogens with zero attached hydrogens (tertiary/aromatic N) is 1. The van der Waals surface area contributed by atoms with Gasteiger partial charge in [-0.1, -0.05) is 196 Å². The van der Waals surface area contributed by atoms with E-state index in [0.29, 0.717) is 0 Å². The van der Waals surface area contributed by atoms with Gasteiger partial charge < -0.3 is 4.90 Å². The highest BCUT2D eigenvalue weighted by molar-refractivity contribution is 7.26. The quantitative estimate of drug-likeness (QED) is 0.167. The van der Waals surface area contributed by atoms with Gasteiger partial charge in [-0.25, -0.2) is 0 Å². The summed E-state index contributed by atoms with van der Waals surface area (Å²) >= 11 is 1.91. The van der Waals surface area contributed by atoms with E-state index in [4.69, 9.17) is 0 Å². The predicted molar refractivity (Wildman–Crippen MR) is 280 cm³/mol. The number of thiophene rings is 1. The highest BCUT2D eigenvalue weighted by Gasteiger charge is 2.48. The van der Waals surface area contributed by atoms with Crippen LogP contribution in [0.25, 0.3) is 75.5 Å². The molecule has 3 aliphatic carbocycles. The Morgan fingerprint density at radius 3 is 1.80 bits per heavy atom. The van der Waals surface area contributed by atoms with Crippen molar-refractivity contribution in [1.82, 2.24) is 0 Å². The lowest BCUT2D eigenvalue weighted by atomic mass is 9.73. The molecule has 0 bridgehead atoms. The maximum Gasteiger partial charge on any atom is 0.0540 e. The Bertz CT molecular complexity index is 3830. The summed E-state index contributed by atoms with van der Waals surface area (Å²) in [5.41, 5.74) is 21.9. The molecule has 0 aliphatic heterocycles. The first-order chi connectivity index (χ1) is 32.5. The second-order valence-electron chi connectivity index (χ2n) is 19.1. The number of para-hydroxylation sites is 2. The third-order valence-electron chi connectivity index (χ3n) is 15.5. The monoisotopic (exact) mass is 859 g/mol. The van der Waals surface area contributed by atoms with Crippen molar-refractivity contribution in [3.63, 3.8) is 0 Å². The van der Waals surface area contributed by atoms with Crippen LogP contribution in [0.3, 0.4) is 0 Å². The van der Waals surface area contributed by atoms with E-state index in [1.54, 1.807) is 0 Å². The summed E-state index contributed by atoms with van der Waals surface area (Å²) in [6.07, 6.45) is 2.12. The van der Waals surface area contributed by atoms with Crippen LogP contribution >= 0.6 is 11.3 Å². The molecule has 1 unspecified atom stereocenters. The standard InChI is InChI=1S/C64H45NS/c1-63(2)54-28-11-6-21-45(54)50-25-15-26-51(61(50)63)48-23-9-14-31-58(48)65(42-34-36-46-44-20-7-12-29-55(44)64(56(46)39-42)38-37-41-18-4-10-27-53(41)64)57-30-13-8-22-47(57)49-24-16-32-59-60(49)52-35-33-40-17-3-5-19-43(40)62(52)66-59/h3-36,39H,37-38H2,1-2H3. The first kappa shape index (κ1) is 37.8. The lowest BCUT2D eigenvalue weighted by molar-refractivity contribution is 0.626. The second-order valence-corrected chi connectivity index (χ2v) is 20.1. The van der Waals surface area contributed by atoms with Crippen LogP contribution in [0.15, 0.2) is 212 Å². The summed E-state index contributed by atoms with van der Waals surface area (Å²) in [6.45, 7) is 4.81. The number of rotatable bonds is 5. The molecule has 3 aliphatic rings. The van der Waals surface area contributed by atoms with Crippen molar-refractivity contribution in [2.24, 2.45) is 0 Å². The van der Waals surface area contributed by atoms with Crippen molar-refractivity contribution in [2.75, 3.05) is 4.90 Å². The molecule has 0 fully saturated rings. The van der Waals surface area contributed by atoms with E-state index in [1.807, 2.05) is 11.3 Å². The maximum atomic E-state index is 2.60. The molecule has 1 spiro atoms. The Hall–Kier alpha value is -7.52. The Morgan fingerprint density at radius 2 is 1.00 bits per heavy atom.